The number of hydrogen-bond acceptors (Lipinski definition) is 6. The molecule has 0 aromatic rings. The Morgan fingerprint density at radius 2 is 1.90 bits per heavy atom. The van der Waals surface area contributed by atoms with E-state index in [9.17, 15) is 5.21 Å². The molecule has 0 radical (unpaired) electrons. The maximum absolute atomic E-state index is 12.0. The standard InChI is InChI=1S/C13H23NO4PS/c1-6-16-19(20,17-7-2)18-12-8-11(5)14(15)13(9-12)10(3)4/h8-10,13H,6-7H2,1-5H3/q-1. The summed E-state index contributed by atoms with van der Waals surface area (Å²) in [6.07, 6.45) is 3.45. The Hall–Kier alpha value is -0.390. The Morgan fingerprint density at radius 3 is 2.35 bits per heavy atom. The summed E-state index contributed by atoms with van der Waals surface area (Å²) in [5.41, 5.74) is 0.593. The van der Waals surface area contributed by atoms with Crippen molar-refractivity contribution >= 4 is 18.5 Å². The minimum absolute atomic E-state index is 0.173. The van der Waals surface area contributed by atoms with Crippen LogP contribution >= 0.6 is 6.72 Å². The van der Waals surface area contributed by atoms with Crippen LogP contribution in [0.5, 0.6) is 0 Å². The van der Waals surface area contributed by atoms with Crippen molar-refractivity contribution in [1.82, 2.24) is 5.06 Å². The molecule has 0 amide bonds. The Labute approximate surface area is 126 Å². The van der Waals surface area contributed by atoms with Gasteiger partial charge in [-0.2, -0.15) is 0 Å². The van der Waals surface area contributed by atoms with Gasteiger partial charge >= 0.3 is 6.72 Å². The molecule has 7 heteroatoms. The first-order valence-corrected chi connectivity index (χ1v) is 9.33. The molecule has 1 unspecified atom stereocenters. The van der Waals surface area contributed by atoms with E-state index in [-0.39, 0.29) is 12.0 Å². The molecule has 1 atom stereocenters. The second-order valence-electron chi connectivity index (χ2n) is 4.79. The lowest BCUT2D eigenvalue weighted by atomic mass is 10.0. The van der Waals surface area contributed by atoms with E-state index in [1.165, 1.54) is 0 Å². The number of hydrogen-bond donors (Lipinski definition) is 0. The van der Waals surface area contributed by atoms with E-state index in [4.69, 9.17) is 25.4 Å². The van der Waals surface area contributed by atoms with Gasteiger partial charge in [-0.3, -0.25) is 9.05 Å². The number of nitrogens with zero attached hydrogens (tertiary/aromatic N) is 1. The monoisotopic (exact) mass is 320 g/mol. The molecular weight excluding hydrogens is 297 g/mol. The first-order valence-electron chi connectivity index (χ1n) is 6.78. The first kappa shape index (κ1) is 17.7. The van der Waals surface area contributed by atoms with Gasteiger partial charge < -0.3 is 14.8 Å². The van der Waals surface area contributed by atoms with Crippen molar-refractivity contribution in [3.05, 3.63) is 28.8 Å². The van der Waals surface area contributed by atoms with Gasteiger partial charge in [-0.25, -0.2) is 0 Å². The first-order chi connectivity index (χ1) is 9.33. The van der Waals surface area contributed by atoms with Crippen molar-refractivity contribution in [2.45, 2.75) is 40.7 Å². The van der Waals surface area contributed by atoms with Gasteiger partial charge in [0.15, 0.2) is 0 Å². The van der Waals surface area contributed by atoms with Gasteiger partial charge in [0.2, 0.25) is 0 Å². The van der Waals surface area contributed by atoms with Crippen LogP contribution in [0, 0.1) is 11.1 Å². The molecule has 5 nitrogen and oxygen atoms in total. The maximum atomic E-state index is 12.0. The fourth-order valence-corrected chi connectivity index (χ4v) is 3.92. The highest BCUT2D eigenvalue weighted by Gasteiger charge is 2.25. The molecule has 0 N–H and O–H groups in total. The summed E-state index contributed by atoms with van der Waals surface area (Å²) in [5, 5.41) is 13.0. The van der Waals surface area contributed by atoms with Gasteiger partial charge in [0.1, 0.15) is 5.76 Å². The van der Waals surface area contributed by atoms with Crippen molar-refractivity contribution in [2.24, 2.45) is 5.92 Å². The van der Waals surface area contributed by atoms with E-state index in [0.29, 0.717) is 24.7 Å². The van der Waals surface area contributed by atoms with Crippen LogP contribution < -0.4 is 0 Å². The summed E-state index contributed by atoms with van der Waals surface area (Å²) in [5.74, 6) is 0.727. The lowest BCUT2D eigenvalue weighted by Gasteiger charge is -2.43. The molecule has 1 aliphatic rings. The number of rotatable bonds is 7. The van der Waals surface area contributed by atoms with Gasteiger partial charge in [-0.15, -0.1) is 0 Å². The molecule has 20 heavy (non-hydrogen) atoms. The lowest BCUT2D eigenvalue weighted by Crippen LogP contribution is -2.34. The van der Waals surface area contributed by atoms with Gasteiger partial charge in [0, 0.05) is 23.5 Å². The summed E-state index contributed by atoms with van der Waals surface area (Å²) >= 11 is 5.34. The zero-order chi connectivity index (χ0) is 15.3. The third-order valence-electron chi connectivity index (χ3n) is 2.78. The summed E-state index contributed by atoms with van der Waals surface area (Å²) in [6.45, 7) is 7.48. The van der Waals surface area contributed by atoms with E-state index >= 15 is 0 Å². The second-order valence-corrected chi connectivity index (χ2v) is 7.72. The SMILES string of the molecule is CCOP(=S)(OCC)OC1=CC(C(C)C)N([O-])C(C)=C1. The molecule has 1 rings (SSSR count). The smallest absolute Gasteiger partial charge is 0.380 e. The van der Waals surface area contributed by atoms with Crippen LogP contribution in [0.25, 0.3) is 0 Å². The van der Waals surface area contributed by atoms with Crippen LogP contribution in [0.1, 0.15) is 34.6 Å². The lowest BCUT2D eigenvalue weighted by molar-refractivity contribution is 0.193. The molecule has 0 saturated heterocycles. The van der Waals surface area contributed by atoms with Gasteiger partial charge in [0.25, 0.3) is 0 Å². The Morgan fingerprint density at radius 1 is 1.35 bits per heavy atom. The Kier molecular flexibility index (Phi) is 6.69. The summed E-state index contributed by atoms with van der Waals surface area (Å²) in [6, 6.07) is -0.262. The Bertz CT molecular complexity index is 426. The average molecular weight is 320 g/mol. The van der Waals surface area contributed by atoms with Crippen molar-refractivity contribution in [3.63, 3.8) is 0 Å². The van der Waals surface area contributed by atoms with Crippen molar-refractivity contribution in [2.75, 3.05) is 13.2 Å². The zero-order valence-corrected chi connectivity index (χ0v) is 14.4. The van der Waals surface area contributed by atoms with Crippen LogP contribution in [-0.4, -0.2) is 24.3 Å². The maximum Gasteiger partial charge on any atom is 0.380 e. The molecule has 0 spiro atoms. The number of allylic oxidation sites excluding steroid dienone is 2. The molecular formula is C13H23NO4PS-. The van der Waals surface area contributed by atoms with E-state index in [2.05, 4.69) is 0 Å². The summed E-state index contributed by atoms with van der Waals surface area (Å²) < 4.78 is 16.7. The van der Waals surface area contributed by atoms with Crippen molar-refractivity contribution < 1.29 is 13.6 Å². The minimum atomic E-state index is -2.79. The minimum Gasteiger partial charge on any atom is -0.758 e. The molecule has 0 aliphatic carbocycles. The van der Waals surface area contributed by atoms with E-state index in [0.717, 1.165) is 5.06 Å². The topological polar surface area (TPSA) is 54.0 Å². The van der Waals surface area contributed by atoms with Crippen LogP contribution in [0.4, 0.5) is 0 Å². The predicted octanol–water partition coefficient (Wildman–Crippen LogP) is 3.93. The van der Waals surface area contributed by atoms with Gasteiger partial charge in [-0.05, 0) is 38.8 Å². The summed E-state index contributed by atoms with van der Waals surface area (Å²) in [7, 11) is 0. The third-order valence-corrected chi connectivity index (χ3v) is 5.22. The molecule has 116 valence electrons. The van der Waals surface area contributed by atoms with E-state index < -0.39 is 6.72 Å². The summed E-state index contributed by atoms with van der Waals surface area (Å²) in [4.78, 5) is 0. The molecule has 0 aromatic heterocycles. The van der Waals surface area contributed by atoms with E-state index in [1.807, 2.05) is 27.7 Å². The fraction of sp³-hybridized carbons (Fsp3) is 0.692. The molecule has 0 saturated carbocycles. The van der Waals surface area contributed by atoms with Gasteiger partial charge in [0.05, 0.1) is 13.2 Å². The van der Waals surface area contributed by atoms with Crippen LogP contribution in [0.2, 0.25) is 0 Å². The molecule has 1 aliphatic heterocycles. The quantitative estimate of drug-likeness (QED) is 0.663. The van der Waals surface area contributed by atoms with Crippen LogP contribution in [0.3, 0.4) is 0 Å². The van der Waals surface area contributed by atoms with Gasteiger partial charge in [-0.1, -0.05) is 13.8 Å². The highest BCUT2D eigenvalue weighted by Crippen LogP contribution is 2.52. The average Bonchev–Trinajstić information content (AvgIpc) is 2.33. The molecule has 0 aromatic carbocycles. The fourth-order valence-electron chi connectivity index (χ4n) is 1.84. The van der Waals surface area contributed by atoms with E-state index in [1.54, 1.807) is 19.1 Å². The van der Waals surface area contributed by atoms with Crippen LogP contribution in [0.15, 0.2) is 23.6 Å². The van der Waals surface area contributed by atoms with Crippen LogP contribution in [-0.2, 0) is 25.4 Å². The molecule has 0 bridgehead atoms. The number of hydroxylamine groups is 2. The Balaban J connectivity index is 2.94. The third kappa shape index (κ3) is 4.57. The highest BCUT2D eigenvalue weighted by molar-refractivity contribution is 8.07. The second kappa shape index (κ2) is 7.57. The van der Waals surface area contributed by atoms with Crippen molar-refractivity contribution in [1.29, 1.82) is 0 Å². The zero-order valence-electron chi connectivity index (χ0n) is 12.7. The predicted molar refractivity (Wildman–Crippen MR) is 84.3 cm³/mol. The largest absolute Gasteiger partial charge is 0.758 e. The highest BCUT2D eigenvalue weighted by atomic mass is 32.5. The molecule has 1 heterocycles. The normalized spacial score (nSPS) is 19.9. The molecule has 0 fully saturated rings. The van der Waals surface area contributed by atoms with Crippen molar-refractivity contribution in [3.8, 4) is 0 Å².